The number of nitrogens with zero attached hydrogens (tertiary/aromatic N) is 4. The molecule has 1 N–H and O–H groups in total. The zero-order valence-electron chi connectivity index (χ0n) is 14.6. The molecule has 4 rings (SSSR count). The fourth-order valence-electron chi connectivity index (χ4n) is 3.52. The Labute approximate surface area is 151 Å². The van der Waals surface area contributed by atoms with Crippen LogP contribution in [0.2, 0.25) is 0 Å². The Morgan fingerprint density at radius 2 is 2.08 bits per heavy atom. The van der Waals surface area contributed by atoms with E-state index in [0.29, 0.717) is 16.9 Å². The van der Waals surface area contributed by atoms with Crippen molar-refractivity contribution < 1.29 is 9.84 Å². The molecular formula is C20H20N4O2. The summed E-state index contributed by atoms with van der Waals surface area (Å²) in [5.74, 6) is 0.459. The van der Waals surface area contributed by atoms with E-state index in [1.54, 1.807) is 12.1 Å². The summed E-state index contributed by atoms with van der Waals surface area (Å²) in [5, 5.41) is 19.1. The van der Waals surface area contributed by atoms with Gasteiger partial charge in [0.05, 0.1) is 25.0 Å². The monoisotopic (exact) mass is 348 g/mol. The second-order valence-electron chi connectivity index (χ2n) is 6.45. The van der Waals surface area contributed by atoms with E-state index >= 15 is 0 Å². The summed E-state index contributed by atoms with van der Waals surface area (Å²) in [6, 6.07) is 9.76. The number of aliphatic hydroxyl groups excluding tert-OH is 1. The first-order valence-corrected chi connectivity index (χ1v) is 8.69. The highest BCUT2D eigenvalue weighted by atomic mass is 16.5. The molecule has 0 aliphatic carbocycles. The topological polar surface area (TPSA) is 73.8 Å². The minimum absolute atomic E-state index is 0.149. The second kappa shape index (κ2) is 6.70. The average molecular weight is 348 g/mol. The number of fused-ring (bicyclic) bond motifs is 1. The predicted molar refractivity (Wildman–Crippen MR) is 99.3 cm³/mol. The van der Waals surface area contributed by atoms with E-state index in [2.05, 4.69) is 23.1 Å². The van der Waals surface area contributed by atoms with E-state index in [4.69, 9.17) is 9.72 Å². The summed E-state index contributed by atoms with van der Waals surface area (Å²) in [6.07, 6.45) is 6.39. The van der Waals surface area contributed by atoms with Crippen LogP contribution in [0.3, 0.4) is 0 Å². The first kappa shape index (κ1) is 16.4. The Morgan fingerprint density at radius 3 is 2.77 bits per heavy atom. The smallest absolute Gasteiger partial charge is 0.139 e. The van der Waals surface area contributed by atoms with Gasteiger partial charge in [0.1, 0.15) is 17.5 Å². The summed E-state index contributed by atoms with van der Waals surface area (Å²) >= 11 is 0. The minimum Gasteiger partial charge on any atom is -0.495 e. The zero-order valence-corrected chi connectivity index (χ0v) is 14.6. The lowest BCUT2D eigenvalue weighted by Crippen LogP contribution is -2.17. The minimum atomic E-state index is -0.149. The molecule has 3 aromatic rings. The van der Waals surface area contributed by atoms with Gasteiger partial charge in [0.2, 0.25) is 0 Å². The van der Waals surface area contributed by atoms with E-state index < -0.39 is 0 Å². The van der Waals surface area contributed by atoms with Crippen LogP contribution in [0.5, 0.6) is 5.75 Å². The fraction of sp³-hybridized carbons (Fsp3) is 0.300. The number of hydrogen-bond donors (Lipinski definition) is 1. The molecule has 1 aliphatic heterocycles. The molecule has 1 fully saturated rings. The Kier molecular flexibility index (Phi) is 4.23. The molecular weight excluding hydrogens is 328 g/mol. The maximum absolute atomic E-state index is 9.75. The highest BCUT2D eigenvalue weighted by Crippen LogP contribution is 2.31. The third kappa shape index (κ3) is 2.76. The summed E-state index contributed by atoms with van der Waals surface area (Å²) in [4.78, 5) is 7.10. The van der Waals surface area contributed by atoms with Crippen LogP contribution in [-0.4, -0.2) is 34.7 Å². The van der Waals surface area contributed by atoms with E-state index in [-0.39, 0.29) is 6.61 Å². The summed E-state index contributed by atoms with van der Waals surface area (Å²) in [5.41, 5.74) is 4.62. The van der Waals surface area contributed by atoms with Crippen LogP contribution >= 0.6 is 0 Å². The largest absolute Gasteiger partial charge is 0.495 e. The molecule has 3 heterocycles. The molecule has 1 saturated heterocycles. The van der Waals surface area contributed by atoms with Gasteiger partial charge in [-0.1, -0.05) is 0 Å². The fourth-order valence-corrected chi connectivity index (χ4v) is 3.52. The first-order valence-electron chi connectivity index (χ1n) is 8.69. The Balaban J connectivity index is 1.80. The van der Waals surface area contributed by atoms with Gasteiger partial charge in [-0.15, -0.1) is 0 Å². The number of benzene rings is 1. The maximum Gasteiger partial charge on any atom is 0.139 e. The lowest BCUT2D eigenvalue weighted by atomic mass is 10.0. The van der Waals surface area contributed by atoms with Crippen LogP contribution in [0, 0.1) is 11.3 Å². The number of methoxy groups -OCH3 is 1. The van der Waals surface area contributed by atoms with Crippen LogP contribution in [-0.2, 0) is 6.61 Å². The molecule has 26 heavy (non-hydrogen) atoms. The highest BCUT2D eigenvalue weighted by molar-refractivity contribution is 5.71. The Bertz CT molecular complexity index is 997. The normalized spacial score (nSPS) is 14.0. The molecule has 0 amide bonds. The van der Waals surface area contributed by atoms with Crippen molar-refractivity contribution in [2.75, 3.05) is 25.1 Å². The SMILES string of the molecule is COc1cc(CO)c(-c2cn3ccc(N4CCCC4)cc3n2)cc1C#N. The van der Waals surface area contributed by atoms with Gasteiger partial charge < -0.3 is 19.1 Å². The molecule has 1 aromatic carbocycles. The molecule has 0 spiro atoms. The van der Waals surface area contributed by atoms with Gasteiger partial charge in [-0.3, -0.25) is 0 Å². The van der Waals surface area contributed by atoms with Crippen molar-refractivity contribution in [3.05, 3.63) is 47.8 Å². The van der Waals surface area contributed by atoms with Crippen molar-refractivity contribution >= 4 is 11.3 Å². The van der Waals surface area contributed by atoms with E-state index in [1.165, 1.54) is 25.6 Å². The van der Waals surface area contributed by atoms with Crippen LogP contribution < -0.4 is 9.64 Å². The number of pyridine rings is 1. The number of hydrogen-bond acceptors (Lipinski definition) is 5. The van der Waals surface area contributed by atoms with Crippen molar-refractivity contribution in [1.82, 2.24) is 9.38 Å². The van der Waals surface area contributed by atoms with Gasteiger partial charge in [-0.25, -0.2) is 4.98 Å². The van der Waals surface area contributed by atoms with Gasteiger partial charge in [0.15, 0.2) is 0 Å². The number of imidazole rings is 1. The van der Waals surface area contributed by atoms with Crippen molar-refractivity contribution in [2.45, 2.75) is 19.4 Å². The van der Waals surface area contributed by atoms with E-state index in [0.717, 1.165) is 30.0 Å². The van der Waals surface area contributed by atoms with E-state index in [1.807, 2.05) is 16.8 Å². The third-order valence-electron chi connectivity index (χ3n) is 4.91. The number of rotatable bonds is 4. The number of ether oxygens (including phenoxy) is 1. The van der Waals surface area contributed by atoms with Crippen molar-refractivity contribution in [2.24, 2.45) is 0 Å². The zero-order chi connectivity index (χ0) is 18.1. The van der Waals surface area contributed by atoms with Gasteiger partial charge in [0.25, 0.3) is 0 Å². The molecule has 6 heteroatoms. The van der Waals surface area contributed by atoms with Crippen molar-refractivity contribution in [1.29, 1.82) is 5.26 Å². The van der Waals surface area contributed by atoms with Gasteiger partial charge >= 0.3 is 0 Å². The summed E-state index contributed by atoms with van der Waals surface area (Å²) in [7, 11) is 1.52. The quantitative estimate of drug-likeness (QED) is 0.785. The number of aromatic nitrogens is 2. The highest BCUT2D eigenvalue weighted by Gasteiger charge is 2.16. The lowest BCUT2D eigenvalue weighted by Gasteiger charge is -2.17. The molecule has 1 aliphatic rings. The molecule has 0 bridgehead atoms. The number of anilines is 1. The standard InChI is InChI=1S/C20H20N4O2/c1-26-19-9-15(13-25)17(8-14(19)11-21)18-12-24-7-4-16(10-20(24)22-18)23-5-2-3-6-23/h4,7-10,12,25H,2-3,5-6,13H2,1H3. The summed E-state index contributed by atoms with van der Waals surface area (Å²) in [6.45, 7) is 2.02. The number of aliphatic hydroxyl groups is 1. The average Bonchev–Trinajstić information content (AvgIpc) is 3.35. The molecule has 0 atom stereocenters. The van der Waals surface area contributed by atoms with Gasteiger partial charge in [-0.05, 0) is 36.6 Å². The molecule has 2 aromatic heterocycles. The van der Waals surface area contributed by atoms with E-state index in [9.17, 15) is 10.4 Å². The second-order valence-corrected chi connectivity index (χ2v) is 6.45. The molecule has 0 saturated carbocycles. The van der Waals surface area contributed by atoms with Crippen LogP contribution in [0.25, 0.3) is 16.9 Å². The Hall–Kier alpha value is -3.04. The Morgan fingerprint density at radius 1 is 1.27 bits per heavy atom. The number of nitriles is 1. The van der Waals surface area contributed by atoms with Gasteiger partial charge in [0, 0.05) is 42.8 Å². The predicted octanol–water partition coefficient (Wildman–Crippen LogP) is 2.97. The first-order chi connectivity index (χ1) is 12.7. The lowest BCUT2D eigenvalue weighted by molar-refractivity contribution is 0.281. The van der Waals surface area contributed by atoms with Crippen molar-refractivity contribution in [3.8, 4) is 23.1 Å². The third-order valence-corrected chi connectivity index (χ3v) is 4.91. The summed E-state index contributed by atoms with van der Waals surface area (Å²) < 4.78 is 7.20. The van der Waals surface area contributed by atoms with Crippen molar-refractivity contribution in [3.63, 3.8) is 0 Å². The van der Waals surface area contributed by atoms with Crippen LogP contribution in [0.4, 0.5) is 5.69 Å². The molecule has 132 valence electrons. The van der Waals surface area contributed by atoms with Crippen LogP contribution in [0.15, 0.2) is 36.7 Å². The van der Waals surface area contributed by atoms with Crippen LogP contribution in [0.1, 0.15) is 24.0 Å². The molecule has 0 radical (unpaired) electrons. The molecule has 0 unspecified atom stereocenters. The van der Waals surface area contributed by atoms with Gasteiger partial charge in [-0.2, -0.15) is 5.26 Å². The maximum atomic E-state index is 9.75. The molecule has 6 nitrogen and oxygen atoms in total.